The van der Waals surface area contributed by atoms with Gasteiger partial charge in [-0.15, -0.1) is 0 Å². The average molecular weight is 409 g/mol. The van der Waals surface area contributed by atoms with Crippen LogP contribution in [-0.2, 0) is 27.3 Å². The number of esters is 1. The number of amides is 1. The molecule has 0 unspecified atom stereocenters. The minimum absolute atomic E-state index is 0.00145. The molecule has 3 rings (SSSR count). The number of rotatable bonds is 9. The van der Waals surface area contributed by atoms with Crippen LogP contribution in [0.1, 0.15) is 41.1 Å². The van der Waals surface area contributed by atoms with E-state index in [0.717, 1.165) is 5.39 Å². The van der Waals surface area contributed by atoms with Crippen LogP contribution in [0.3, 0.4) is 0 Å². The van der Waals surface area contributed by atoms with E-state index in [1.165, 1.54) is 11.1 Å². The van der Waals surface area contributed by atoms with Crippen LogP contribution in [0.15, 0.2) is 52.9 Å². The highest BCUT2D eigenvalue weighted by Crippen LogP contribution is 2.27. The molecular formula is C24H27NO5. The first-order chi connectivity index (χ1) is 14.5. The minimum Gasteiger partial charge on any atom is -0.450 e. The Morgan fingerprint density at radius 2 is 1.80 bits per heavy atom. The first-order valence-electron chi connectivity index (χ1n) is 10.1. The molecule has 0 aliphatic rings. The van der Waals surface area contributed by atoms with Crippen molar-refractivity contribution in [3.8, 4) is 0 Å². The second-order valence-corrected chi connectivity index (χ2v) is 7.37. The molecule has 6 nitrogen and oxygen atoms in total. The van der Waals surface area contributed by atoms with E-state index in [4.69, 9.17) is 13.9 Å². The van der Waals surface area contributed by atoms with Gasteiger partial charge in [0.2, 0.25) is 5.76 Å². The van der Waals surface area contributed by atoms with E-state index in [2.05, 4.69) is 5.32 Å². The maximum absolute atomic E-state index is 12.6. The number of nitrogens with one attached hydrogen (secondary N) is 1. The second kappa shape index (κ2) is 10.1. The molecule has 0 saturated heterocycles. The third kappa shape index (κ3) is 5.48. The highest BCUT2D eigenvalue weighted by Gasteiger charge is 2.23. The summed E-state index contributed by atoms with van der Waals surface area (Å²) in [6.07, 6.45) is 0.716. The molecule has 1 aromatic heterocycles. The van der Waals surface area contributed by atoms with Gasteiger partial charge in [0, 0.05) is 17.5 Å². The van der Waals surface area contributed by atoms with E-state index in [-0.39, 0.29) is 31.0 Å². The van der Waals surface area contributed by atoms with Crippen LogP contribution < -0.4 is 5.32 Å². The lowest BCUT2D eigenvalue weighted by molar-refractivity contribution is -0.124. The summed E-state index contributed by atoms with van der Waals surface area (Å²) in [5.74, 6) is -0.958. The van der Waals surface area contributed by atoms with Crippen molar-refractivity contribution in [3.63, 3.8) is 0 Å². The number of carbonyl (C=O) groups excluding carboxylic acids is 2. The van der Waals surface area contributed by atoms with Crippen molar-refractivity contribution < 1.29 is 23.5 Å². The van der Waals surface area contributed by atoms with Crippen molar-refractivity contribution in [1.82, 2.24) is 5.32 Å². The van der Waals surface area contributed by atoms with Crippen molar-refractivity contribution >= 4 is 22.8 Å². The summed E-state index contributed by atoms with van der Waals surface area (Å²) in [6.45, 7) is 6.20. The number of hydrogen-bond acceptors (Lipinski definition) is 5. The molecule has 3 aromatic rings. The predicted molar refractivity (Wildman–Crippen MR) is 114 cm³/mol. The van der Waals surface area contributed by atoms with Gasteiger partial charge in [0.15, 0.2) is 6.61 Å². The number of benzene rings is 2. The Balaban J connectivity index is 1.57. The first kappa shape index (κ1) is 21.6. The fraction of sp³-hybridized carbons (Fsp3) is 0.333. The zero-order valence-corrected chi connectivity index (χ0v) is 17.6. The molecule has 0 spiro atoms. The molecule has 1 heterocycles. The van der Waals surface area contributed by atoms with Crippen LogP contribution in [-0.4, -0.2) is 31.1 Å². The molecule has 1 N–H and O–H groups in total. The molecule has 0 fully saturated rings. The third-order valence-electron chi connectivity index (χ3n) is 4.76. The van der Waals surface area contributed by atoms with Gasteiger partial charge in [-0.05, 0) is 44.4 Å². The molecule has 0 saturated carbocycles. The van der Waals surface area contributed by atoms with E-state index >= 15 is 0 Å². The van der Waals surface area contributed by atoms with Crippen LogP contribution in [0.25, 0.3) is 11.0 Å². The maximum atomic E-state index is 12.6. The van der Waals surface area contributed by atoms with Gasteiger partial charge in [-0.3, -0.25) is 4.79 Å². The van der Waals surface area contributed by atoms with Crippen LogP contribution in [0.2, 0.25) is 0 Å². The van der Waals surface area contributed by atoms with Crippen LogP contribution >= 0.6 is 0 Å². The smallest absolute Gasteiger partial charge is 0.375 e. The summed E-state index contributed by atoms with van der Waals surface area (Å²) in [5.41, 5.74) is 3.56. The monoisotopic (exact) mass is 409 g/mol. The van der Waals surface area contributed by atoms with Gasteiger partial charge < -0.3 is 19.2 Å². The molecule has 0 atom stereocenters. The van der Waals surface area contributed by atoms with Crippen molar-refractivity contribution in [1.29, 1.82) is 0 Å². The molecule has 6 heteroatoms. The lowest BCUT2D eigenvalue weighted by atomic mass is 10.1. The Morgan fingerprint density at radius 1 is 1.07 bits per heavy atom. The van der Waals surface area contributed by atoms with E-state index in [9.17, 15) is 9.59 Å². The Hall–Kier alpha value is -3.12. The molecule has 2 aromatic carbocycles. The maximum Gasteiger partial charge on any atom is 0.375 e. The molecule has 0 aliphatic carbocycles. The number of para-hydroxylation sites is 1. The predicted octanol–water partition coefficient (Wildman–Crippen LogP) is 4.18. The van der Waals surface area contributed by atoms with Gasteiger partial charge in [0.25, 0.3) is 5.91 Å². The number of fused-ring (bicyclic) bond motifs is 1. The van der Waals surface area contributed by atoms with Crippen LogP contribution in [0.4, 0.5) is 0 Å². The molecule has 30 heavy (non-hydrogen) atoms. The summed E-state index contributed by atoms with van der Waals surface area (Å²) in [6, 6.07) is 15.4. The van der Waals surface area contributed by atoms with E-state index in [1.807, 2.05) is 63.2 Å². The minimum atomic E-state index is -0.678. The molecule has 1 amide bonds. The fourth-order valence-corrected chi connectivity index (χ4v) is 3.13. The van der Waals surface area contributed by atoms with E-state index in [0.29, 0.717) is 24.1 Å². The second-order valence-electron chi connectivity index (χ2n) is 7.37. The highest BCUT2D eigenvalue weighted by atomic mass is 16.5. The summed E-state index contributed by atoms with van der Waals surface area (Å²) in [4.78, 5) is 24.7. The Kier molecular flexibility index (Phi) is 7.25. The van der Waals surface area contributed by atoms with Crippen LogP contribution in [0.5, 0.6) is 0 Å². The molecule has 158 valence electrons. The van der Waals surface area contributed by atoms with Gasteiger partial charge in [-0.2, -0.15) is 0 Å². The fourth-order valence-electron chi connectivity index (χ4n) is 3.13. The van der Waals surface area contributed by atoms with Gasteiger partial charge in [0.1, 0.15) is 5.58 Å². The Labute approximate surface area is 176 Å². The third-order valence-corrected chi connectivity index (χ3v) is 4.76. The van der Waals surface area contributed by atoms with E-state index in [1.54, 1.807) is 6.07 Å². The van der Waals surface area contributed by atoms with Gasteiger partial charge in [0.05, 0.1) is 12.7 Å². The number of furan rings is 1. The largest absolute Gasteiger partial charge is 0.450 e. The van der Waals surface area contributed by atoms with Gasteiger partial charge >= 0.3 is 5.97 Å². The molecule has 0 aliphatic heterocycles. The van der Waals surface area contributed by atoms with Gasteiger partial charge in [-0.1, -0.05) is 42.5 Å². The zero-order chi connectivity index (χ0) is 21.5. The SMILES string of the molecule is Cc1ccccc1CCNC(=O)COC(=O)c1oc2ccccc2c1COC(C)C. The molecule has 0 radical (unpaired) electrons. The standard InChI is InChI=1S/C24H27NO5/c1-16(2)28-14-20-19-10-6-7-11-21(19)30-23(20)24(27)29-15-22(26)25-13-12-18-9-5-4-8-17(18)3/h4-11,16H,12-15H2,1-3H3,(H,25,26). The van der Waals surface area contributed by atoms with Crippen molar-refractivity contribution in [2.24, 2.45) is 0 Å². The zero-order valence-electron chi connectivity index (χ0n) is 17.6. The average Bonchev–Trinajstić information content (AvgIpc) is 3.10. The topological polar surface area (TPSA) is 77.8 Å². The summed E-state index contributed by atoms with van der Waals surface area (Å²) in [5, 5.41) is 3.57. The molecular weight excluding hydrogens is 382 g/mol. The van der Waals surface area contributed by atoms with Crippen molar-refractivity contribution in [2.45, 2.75) is 39.9 Å². The first-order valence-corrected chi connectivity index (χ1v) is 10.1. The number of ether oxygens (including phenoxy) is 2. The quantitative estimate of drug-likeness (QED) is 0.537. The lowest BCUT2D eigenvalue weighted by Gasteiger charge is -2.09. The van der Waals surface area contributed by atoms with Crippen molar-refractivity contribution in [3.05, 3.63) is 71.0 Å². The summed E-state index contributed by atoms with van der Waals surface area (Å²) < 4.78 is 16.6. The number of aryl methyl sites for hydroxylation is 1. The Bertz CT molecular complexity index is 1020. The van der Waals surface area contributed by atoms with Gasteiger partial charge in [-0.25, -0.2) is 4.79 Å². The Morgan fingerprint density at radius 3 is 2.57 bits per heavy atom. The normalized spacial score (nSPS) is 11.1. The number of hydrogen-bond donors (Lipinski definition) is 1. The number of carbonyl (C=O) groups is 2. The van der Waals surface area contributed by atoms with Crippen molar-refractivity contribution in [2.75, 3.05) is 13.2 Å². The molecule has 0 bridgehead atoms. The summed E-state index contributed by atoms with van der Waals surface area (Å²) >= 11 is 0. The van der Waals surface area contributed by atoms with E-state index < -0.39 is 5.97 Å². The highest BCUT2D eigenvalue weighted by molar-refractivity contribution is 5.96. The summed E-state index contributed by atoms with van der Waals surface area (Å²) in [7, 11) is 0. The van der Waals surface area contributed by atoms with Crippen LogP contribution in [0, 0.1) is 6.92 Å². The lowest BCUT2D eigenvalue weighted by Crippen LogP contribution is -2.30.